The van der Waals surface area contributed by atoms with E-state index in [1.807, 2.05) is 20.8 Å². The van der Waals surface area contributed by atoms with Gasteiger partial charge in [0.25, 0.3) is 0 Å². The van der Waals surface area contributed by atoms with Crippen molar-refractivity contribution >= 4 is 35.8 Å². The lowest BCUT2D eigenvalue weighted by Gasteiger charge is -2.20. The molecule has 140 valence electrons. The predicted octanol–water partition coefficient (Wildman–Crippen LogP) is 1.56. The summed E-state index contributed by atoms with van der Waals surface area (Å²) < 4.78 is 0. The molecule has 1 heterocycles. The Morgan fingerprint density at radius 1 is 1.21 bits per heavy atom. The van der Waals surface area contributed by atoms with Crippen LogP contribution in [-0.4, -0.2) is 61.6 Å². The lowest BCUT2D eigenvalue weighted by atomic mass is 9.96. The molecule has 1 amide bonds. The van der Waals surface area contributed by atoms with Crippen LogP contribution in [0.3, 0.4) is 0 Å². The highest BCUT2D eigenvalue weighted by molar-refractivity contribution is 14.0. The number of nitrogens with zero attached hydrogens (tertiary/aromatic N) is 2. The number of halogens is 1. The minimum atomic E-state index is -0.341. The van der Waals surface area contributed by atoms with Crippen LogP contribution >= 0.6 is 24.0 Å². The van der Waals surface area contributed by atoms with Crippen LogP contribution in [-0.2, 0) is 4.79 Å². The molecule has 0 aromatic carbocycles. The van der Waals surface area contributed by atoms with Crippen molar-refractivity contribution in [1.82, 2.24) is 20.9 Å². The van der Waals surface area contributed by atoms with Crippen LogP contribution in [0.4, 0.5) is 0 Å². The molecule has 0 aromatic heterocycles. The Kier molecular flexibility index (Phi) is 8.25. The van der Waals surface area contributed by atoms with Gasteiger partial charge in [-0.05, 0) is 26.2 Å². The molecule has 1 aliphatic carbocycles. The molecule has 1 aliphatic heterocycles. The number of amides is 1. The van der Waals surface area contributed by atoms with Gasteiger partial charge < -0.3 is 16.0 Å². The van der Waals surface area contributed by atoms with Gasteiger partial charge in [0.05, 0.1) is 0 Å². The largest absolute Gasteiger partial charge is 0.355 e. The summed E-state index contributed by atoms with van der Waals surface area (Å²) >= 11 is 0. The van der Waals surface area contributed by atoms with Crippen molar-refractivity contribution in [1.29, 1.82) is 0 Å². The number of rotatable bonds is 5. The summed E-state index contributed by atoms with van der Waals surface area (Å²) in [5, 5.41) is 9.74. The van der Waals surface area contributed by atoms with E-state index in [4.69, 9.17) is 0 Å². The van der Waals surface area contributed by atoms with E-state index >= 15 is 0 Å². The van der Waals surface area contributed by atoms with Crippen molar-refractivity contribution in [2.45, 2.75) is 65.1 Å². The maximum absolute atomic E-state index is 11.8. The molecule has 0 aromatic rings. The SMILES string of the molecule is CN=C(NCCNC(=O)C(C)(C)C)NC1CC(C)N(C2CC2)C1.I. The zero-order chi connectivity index (χ0) is 17.0. The fourth-order valence-corrected chi connectivity index (χ4v) is 3.09. The molecule has 2 fully saturated rings. The zero-order valence-corrected chi connectivity index (χ0v) is 18.0. The van der Waals surface area contributed by atoms with Gasteiger partial charge in [0.15, 0.2) is 5.96 Å². The van der Waals surface area contributed by atoms with Crippen LogP contribution in [0.5, 0.6) is 0 Å². The smallest absolute Gasteiger partial charge is 0.225 e. The van der Waals surface area contributed by atoms with Crippen molar-refractivity contribution in [2.24, 2.45) is 10.4 Å². The molecule has 0 bridgehead atoms. The third kappa shape index (κ3) is 6.38. The first-order chi connectivity index (χ1) is 10.8. The topological polar surface area (TPSA) is 68.8 Å². The van der Waals surface area contributed by atoms with Gasteiger partial charge in [-0.2, -0.15) is 0 Å². The maximum Gasteiger partial charge on any atom is 0.225 e. The summed E-state index contributed by atoms with van der Waals surface area (Å²) in [7, 11) is 1.79. The van der Waals surface area contributed by atoms with Gasteiger partial charge >= 0.3 is 0 Å². The molecule has 1 saturated carbocycles. The highest BCUT2D eigenvalue weighted by Crippen LogP contribution is 2.33. The number of likely N-dealkylation sites (tertiary alicyclic amines) is 1. The summed E-state index contributed by atoms with van der Waals surface area (Å²) in [5.41, 5.74) is -0.341. The van der Waals surface area contributed by atoms with Crippen LogP contribution in [0.2, 0.25) is 0 Å². The third-order valence-electron chi connectivity index (χ3n) is 4.59. The highest BCUT2D eigenvalue weighted by atomic mass is 127. The quantitative estimate of drug-likeness (QED) is 0.257. The number of carbonyl (C=O) groups is 1. The molecule has 7 heteroatoms. The second-order valence-corrected chi connectivity index (χ2v) is 7.86. The minimum Gasteiger partial charge on any atom is -0.355 e. The van der Waals surface area contributed by atoms with E-state index in [-0.39, 0.29) is 35.3 Å². The molecule has 6 nitrogen and oxygen atoms in total. The van der Waals surface area contributed by atoms with Gasteiger partial charge in [0.2, 0.25) is 5.91 Å². The summed E-state index contributed by atoms with van der Waals surface area (Å²) in [6.07, 6.45) is 3.88. The molecule has 3 N–H and O–H groups in total. The zero-order valence-electron chi connectivity index (χ0n) is 15.7. The summed E-state index contributed by atoms with van der Waals surface area (Å²) in [6, 6.07) is 1.93. The molecule has 0 spiro atoms. The van der Waals surface area contributed by atoms with E-state index in [2.05, 4.69) is 32.8 Å². The van der Waals surface area contributed by atoms with Gasteiger partial charge in [-0.25, -0.2) is 0 Å². The molecule has 2 atom stereocenters. The first kappa shape index (κ1) is 21.5. The minimum absolute atomic E-state index is 0. The van der Waals surface area contributed by atoms with Gasteiger partial charge in [0, 0.05) is 50.2 Å². The van der Waals surface area contributed by atoms with Crippen LogP contribution in [0.25, 0.3) is 0 Å². The molecule has 2 aliphatic rings. The van der Waals surface area contributed by atoms with E-state index in [1.165, 1.54) is 12.8 Å². The molecule has 0 radical (unpaired) electrons. The average molecular weight is 451 g/mol. The summed E-state index contributed by atoms with van der Waals surface area (Å²) in [6.45, 7) is 10.5. The molecule has 24 heavy (non-hydrogen) atoms. The Hall–Kier alpha value is -0.570. The Bertz CT molecular complexity index is 445. The summed E-state index contributed by atoms with van der Waals surface area (Å²) in [5.74, 6) is 0.900. The second kappa shape index (κ2) is 9.22. The number of hydrogen-bond acceptors (Lipinski definition) is 3. The van der Waals surface area contributed by atoms with Gasteiger partial charge in [-0.3, -0.25) is 14.7 Å². The first-order valence-electron chi connectivity index (χ1n) is 8.82. The molecular weight excluding hydrogens is 417 g/mol. The monoisotopic (exact) mass is 451 g/mol. The van der Waals surface area contributed by atoms with Crippen molar-refractivity contribution < 1.29 is 4.79 Å². The van der Waals surface area contributed by atoms with Gasteiger partial charge in [0.1, 0.15) is 0 Å². The van der Waals surface area contributed by atoms with Crippen LogP contribution in [0.15, 0.2) is 4.99 Å². The number of nitrogens with one attached hydrogen (secondary N) is 3. The van der Waals surface area contributed by atoms with Crippen molar-refractivity contribution in [3.8, 4) is 0 Å². The standard InChI is InChI=1S/C17H33N5O.HI/c1-12-10-13(11-22(12)14-6-7-14)21-16(18-5)20-9-8-19-15(23)17(2,3)4;/h12-14H,6-11H2,1-5H3,(H,19,23)(H2,18,20,21);1H. The van der Waals surface area contributed by atoms with Crippen molar-refractivity contribution in [3.05, 3.63) is 0 Å². The highest BCUT2D eigenvalue weighted by Gasteiger charge is 2.38. The summed E-state index contributed by atoms with van der Waals surface area (Å²) in [4.78, 5) is 18.7. The van der Waals surface area contributed by atoms with Crippen molar-refractivity contribution in [3.63, 3.8) is 0 Å². The molecule has 2 unspecified atom stereocenters. The lowest BCUT2D eigenvalue weighted by molar-refractivity contribution is -0.128. The van der Waals surface area contributed by atoms with Gasteiger partial charge in [-0.1, -0.05) is 20.8 Å². The lowest BCUT2D eigenvalue weighted by Crippen LogP contribution is -2.47. The number of hydrogen-bond donors (Lipinski definition) is 3. The van der Waals surface area contributed by atoms with E-state index in [0.717, 1.165) is 25.0 Å². The van der Waals surface area contributed by atoms with E-state index < -0.39 is 0 Å². The third-order valence-corrected chi connectivity index (χ3v) is 4.59. The normalized spacial score (nSPS) is 25.1. The Balaban J connectivity index is 0.00000288. The maximum atomic E-state index is 11.8. The number of guanidine groups is 1. The fourth-order valence-electron chi connectivity index (χ4n) is 3.09. The molecule has 2 rings (SSSR count). The Morgan fingerprint density at radius 3 is 2.38 bits per heavy atom. The van der Waals surface area contributed by atoms with E-state index in [1.54, 1.807) is 7.05 Å². The second-order valence-electron chi connectivity index (χ2n) is 7.86. The molecular formula is C17H34IN5O. The fraction of sp³-hybridized carbons (Fsp3) is 0.882. The number of carbonyl (C=O) groups excluding carboxylic acids is 1. The van der Waals surface area contributed by atoms with Crippen LogP contribution in [0, 0.1) is 5.41 Å². The van der Waals surface area contributed by atoms with Crippen LogP contribution in [0.1, 0.15) is 47.0 Å². The predicted molar refractivity (Wildman–Crippen MR) is 110 cm³/mol. The van der Waals surface area contributed by atoms with E-state index in [0.29, 0.717) is 25.2 Å². The molecule has 1 saturated heterocycles. The average Bonchev–Trinajstić information content (AvgIpc) is 3.25. The first-order valence-corrected chi connectivity index (χ1v) is 8.82. The number of aliphatic imine (C=N–C) groups is 1. The van der Waals surface area contributed by atoms with Crippen LogP contribution < -0.4 is 16.0 Å². The van der Waals surface area contributed by atoms with Gasteiger partial charge in [-0.15, -0.1) is 24.0 Å². The Labute approximate surface area is 163 Å². The van der Waals surface area contributed by atoms with E-state index in [9.17, 15) is 4.79 Å². The Morgan fingerprint density at radius 2 is 1.83 bits per heavy atom. The van der Waals surface area contributed by atoms with Crippen molar-refractivity contribution in [2.75, 3.05) is 26.7 Å².